The van der Waals surface area contributed by atoms with Crippen molar-refractivity contribution in [2.75, 3.05) is 25.4 Å². The maximum absolute atomic E-state index is 6.13. The van der Waals surface area contributed by atoms with Crippen LogP contribution in [0.4, 0.5) is 0 Å². The van der Waals surface area contributed by atoms with Crippen molar-refractivity contribution in [1.29, 1.82) is 0 Å². The molecule has 94 valence electrons. The molecule has 1 aliphatic carbocycles. The van der Waals surface area contributed by atoms with E-state index in [1.165, 1.54) is 44.5 Å². The van der Waals surface area contributed by atoms with Crippen LogP contribution in [0, 0.1) is 5.92 Å². The summed E-state index contributed by atoms with van der Waals surface area (Å²) in [7, 11) is 0. The summed E-state index contributed by atoms with van der Waals surface area (Å²) in [5.41, 5.74) is 6.47. The highest BCUT2D eigenvalue weighted by Gasteiger charge is 2.47. The van der Waals surface area contributed by atoms with E-state index < -0.39 is 0 Å². The first-order valence-corrected chi connectivity index (χ1v) is 7.88. The summed E-state index contributed by atoms with van der Waals surface area (Å²) in [5, 5.41) is 0.838. The van der Waals surface area contributed by atoms with Gasteiger partial charge in [-0.3, -0.25) is 4.90 Å². The van der Waals surface area contributed by atoms with Crippen molar-refractivity contribution >= 4 is 11.8 Å². The Bertz CT molecular complexity index is 224. The number of thioether (sulfide) groups is 1. The van der Waals surface area contributed by atoms with Gasteiger partial charge in [-0.25, -0.2) is 0 Å². The second-order valence-corrected chi connectivity index (χ2v) is 6.69. The summed E-state index contributed by atoms with van der Waals surface area (Å²) in [6.07, 6.45) is 5.35. The molecule has 0 bridgehead atoms. The average Bonchev–Trinajstić information content (AvgIpc) is 3.17. The Morgan fingerprint density at radius 2 is 2.12 bits per heavy atom. The number of hydrogen-bond acceptors (Lipinski definition) is 3. The Kier molecular flexibility index (Phi) is 4.20. The molecule has 2 N–H and O–H groups in total. The topological polar surface area (TPSA) is 29.3 Å². The van der Waals surface area contributed by atoms with Gasteiger partial charge in [-0.2, -0.15) is 11.8 Å². The van der Waals surface area contributed by atoms with Gasteiger partial charge in [0.25, 0.3) is 0 Å². The third-order valence-corrected chi connectivity index (χ3v) is 5.90. The Balaban J connectivity index is 2.06. The fraction of sp³-hybridized carbons (Fsp3) is 1.00. The third kappa shape index (κ3) is 2.27. The van der Waals surface area contributed by atoms with Gasteiger partial charge >= 0.3 is 0 Å². The van der Waals surface area contributed by atoms with Crippen LogP contribution in [0.15, 0.2) is 0 Å². The molecule has 2 fully saturated rings. The van der Waals surface area contributed by atoms with Crippen molar-refractivity contribution in [3.63, 3.8) is 0 Å². The molecule has 2 nitrogen and oxygen atoms in total. The van der Waals surface area contributed by atoms with Crippen LogP contribution in [0.3, 0.4) is 0 Å². The Labute approximate surface area is 104 Å². The molecule has 1 saturated heterocycles. The highest BCUT2D eigenvalue weighted by atomic mass is 32.2. The van der Waals surface area contributed by atoms with Crippen molar-refractivity contribution in [3.05, 3.63) is 0 Å². The van der Waals surface area contributed by atoms with Gasteiger partial charge in [0.15, 0.2) is 0 Å². The molecule has 2 unspecified atom stereocenters. The molecular weight excluding hydrogens is 216 g/mol. The third-order valence-electron chi connectivity index (χ3n) is 4.53. The van der Waals surface area contributed by atoms with E-state index in [1.807, 2.05) is 0 Å². The first kappa shape index (κ1) is 12.7. The lowest BCUT2D eigenvalue weighted by molar-refractivity contribution is 0.0713. The molecule has 3 heteroatoms. The van der Waals surface area contributed by atoms with Crippen LogP contribution in [0.1, 0.15) is 39.5 Å². The molecule has 1 saturated carbocycles. The highest BCUT2D eigenvalue weighted by Crippen LogP contribution is 2.45. The molecular formula is C13H26N2S. The SMILES string of the molecule is CCC1CN(C(CC)(CN)C2CC2)CCS1. The summed E-state index contributed by atoms with van der Waals surface area (Å²) >= 11 is 2.15. The van der Waals surface area contributed by atoms with Gasteiger partial charge in [0.2, 0.25) is 0 Å². The molecule has 0 spiro atoms. The zero-order valence-electron chi connectivity index (χ0n) is 10.7. The second kappa shape index (κ2) is 5.28. The highest BCUT2D eigenvalue weighted by molar-refractivity contribution is 8.00. The zero-order valence-corrected chi connectivity index (χ0v) is 11.6. The molecule has 2 aliphatic rings. The fourth-order valence-electron chi connectivity index (χ4n) is 3.20. The first-order valence-electron chi connectivity index (χ1n) is 6.83. The Morgan fingerprint density at radius 3 is 2.62 bits per heavy atom. The van der Waals surface area contributed by atoms with Gasteiger partial charge in [0.05, 0.1) is 0 Å². The van der Waals surface area contributed by atoms with Crippen molar-refractivity contribution in [2.24, 2.45) is 11.7 Å². The minimum Gasteiger partial charge on any atom is -0.329 e. The molecule has 0 aromatic heterocycles. The van der Waals surface area contributed by atoms with Gasteiger partial charge in [0.1, 0.15) is 0 Å². The molecule has 16 heavy (non-hydrogen) atoms. The van der Waals surface area contributed by atoms with E-state index in [4.69, 9.17) is 5.73 Å². The molecule has 2 atom stereocenters. The van der Waals surface area contributed by atoms with Crippen molar-refractivity contribution < 1.29 is 0 Å². The predicted molar refractivity (Wildman–Crippen MR) is 72.9 cm³/mol. The fourth-order valence-corrected chi connectivity index (χ4v) is 4.38. The lowest BCUT2D eigenvalue weighted by Crippen LogP contribution is -2.59. The number of rotatable bonds is 5. The van der Waals surface area contributed by atoms with Gasteiger partial charge in [-0.1, -0.05) is 13.8 Å². The monoisotopic (exact) mass is 242 g/mol. The van der Waals surface area contributed by atoms with Crippen LogP contribution < -0.4 is 5.73 Å². The smallest absolute Gasteiger partial charge is 0.0357 e. The largest absolute Gasteiger partial charge is 0.329 e. The van der Waals surface area contributed by atoms with Crippen molar-refractivity contribution in [3.8, 4) is 0 Å². The van der Waals surface area contributed by atoms with E-state index in [1.54, 1.807) is 0 Å². The zero-order chi connectivity index (χ0) is 11.6. The second-order valence-electron chi connectivity index (χ2n) is 5.28. The minimum atomic E-state index is 0.342. The predicted octanol–water partition coefficient (Wildman–Crippen LogP) is 2.33. The number of hydrogen-bond donors (Lipinski definition) is 1. The average molecular weight is 242 g/mol. The summed E-state index contributed by atoms with van der Waals surface area (Å²) in [6.45, 7) is 8.02. The van der Waals surface area contributed by atoms with E-state index in [9.17, 15) is 0 Å². The van der Waals surface area contributed by atoms with Crippen LogP contribution in [0.2, 0.25) is 0 Å². The van der Waals surface area contributed by atoms with E-state index in [0.29, 0.717) is 5.54 Å². The van der Waals surface area contributed by atoms with E-state index in [-0.39, 0.29) is 0 Å². The summed E-state index contributed by atoms with van der Waals surface area (Å²) < 4.78 is 0. The van der Waals surface area contributed by atoms with Crippen LogP contribution in [0.5, 0.6) is 0 Å². The van der Waals surface area contributed by atoms with Gasteiger partial charge in [-0.15, -0.1) is 0 Å². The van der Waals surface area contributed by atoms with Crippen LogP contribution in [-0.2, 0) is 0 Å². The van der Waals surface area contributed by atoms with E-state index >= 15 is 0 Å². The Hall–Kier alpha value is 0.270. The van der Waals surface area contributed by atoms with Crippen LogP contribution in [-0.4, -0.2) is 41.1 Å². The molecule has 1 heterocycles. The summed E-state index contributed by atoms with van der Waals surface area (Å²) in [6, 6.07) is 0. The first-order chi connectivity index (χ1) is 7.76. The Morgan fingerprint density at radius 1 is 1.38 bits per heavy atom. The van der Waals surface area contributed by atoms with Crippen molar-refractivity contribution in [1.82, 2.24) is 4.90 Å². The van der Waals surface area contributed by atoms with Crippen LogP contribution >= 0.6 is 11.8 Å². The maximum Gasteiger partial charge on any atom is 0.0357 e. The lowest BCUT2D eigenvalue weighted by Gasteiger charge is -2.47. The van der Waals surface area contributed by atoms with Gasteiger partial charge in [0, 0.05) is 36.2 Å². The molecule has 0 amide bonds. The van der Waals surface area contributed by atoms with Gasteiger partial charge < -0.3 is 5.73 Å². The minimum absolute atomic E-state index is 0.342. The summed E-state index contributed by atoms with van der Waals surface area (Å²) in [5.74, 6) is 2.19. The van der Waals surface area contributed by atoms with E-state index in [0.717, 1.165) is 17.7 Å². The van der Waals surface area contributed by atoms with Gasteiger partial charge in [-0.05, 0) is 31.6 Å². The summed E-state index contributed by atoms with van der Waals surface area (Å²) in [4.78, 5) is 2.73. The van der Waals surface area contributed by atoms with Crippen molar-refractivity contribution in [2.45, 2.75) is 50.3 Å². The molecule has 1 aliphatic heterocycles. The molecule has 0 radical (unpaired) electrons. The lowest BCUT2D eigenvalue weighted by atomic mass is 9.87. The standard InChI is InChI=1S/C13H26N2S/c1-3-12-9-15(7-8-16-12)13(4-2,10-14)11-5-6-11/h11-12H,3-10,14H2,1-2H3. The maximum atomic E-state index is 6.13. The number of nitrogens with two attached hydrogens (primary N) is 1. The molecule has 2 rings (SSSR count). The quantitative estimate of drug-likeness (QED) is 0.802. The van der Waals surface area contributed by atoms with Crippen LogP contribution in [0.25, 0.3) is 0 Å². The van der Waals surface area contributed by atoms with E-state index in [2.05, 4.69) is 30.5 Å². The normalized spacial score (nSPS) is 31.3. The number of nitrogens with zero attached hydrogens (tertiary/aromatic N) is 1. The molecule has 0 aromatic rings. The molecule has 0 aromatic carbocycles.